The van der Waals surface area contributed by atoms with Crippen molar-refractivity contribution in [3.8, 4) is 0 Å². The fourth-order valence-electron chi connectivity index (χ4n) is 1.30. The minimum atomic E-state index is -4.36. The van der Waals surface area contributed by atoms with E-state index in [0.717, 1.165) is 12.1 Å². The van der Waals surface area contributed by atoms with Crippen molar-refractivity contribution in [2.45, 2.75) is 13.1 Å². The minimum Gasteiger partial charge on any atom is -0.330 e. The van der Waals surface area contributed by atoms with Gasteiger partial charge in [-0.1, -0.05) is 17.4 Å². The Labute approximate surface area is 113 Å². The third-order valence-electron chi connectivity index (χ3n) is 2.21. The monoisotopic (exact) mass is 337 g/mol. The summed E-state index contributed by atoms with van der Waals surface area (Å²) in [4.78, 5) is 0. The summed E-state index contributed by atoms with van der Waals surface area (Å²) in [6.07, 6.45) is -4.36. The standard InChI is InChI=1S/C10H7BrF3N3S/c1-5-2-3-6(10(12,13)14)4-7(5)15-9-17-16-8(11)18-9/h2-4H,1H3,(H,15,17). The number of anilines is 2. The number of aromatic nitrogens is 2. The number of halogens is 4. The van der Waals surface area contributed by atoms with Gasteiger partial charge in [0.1, 0.15) is 0 Å². The Balaban J connectivity index is 2.32. The molecule has 0 saturated carbocycles. The molecule has 1 heterocycles. The predicted molar refractivity (Wildman–Crippen MR) is 67.1 cm³/mol. The Morgan fingerprint density at radius 3 is 2.56 bits per heavy atom. The van der Waals surface area contributed by atoms with Gasteiger partial charge in [0.05, 0.1) is 5.56 Å². The van der Waals surface area contributed by atoms with E-state index < -0.39 is 11.7 Å². The summed E-state index contributed by atoms with van der Waals surface area (Å²) in [7, 11) is 0. The number of nitrogens with zero attached hydrogens (tertiary/aromatic N) is 2. The van der Waals surface area contributed by atoms with Crippen LogP contribution in [0.5, 0.6) is 0 Å². The molecular weight excluding hydrogens is 331 g/mol. The highest BCUT2D eigenvalue weighted by atomic mass is 79.9. The first-order chi connectivity index (χ1) is 8.36. The Kier molecular flexibility index (Phi) is 3.58. The molecule has 2 aromatic rings. The lowest BCUT2D eigenvalue weighted by atomic mass is 10.1. The smallest absolute Gasteiger partial charge is 0.330 e. The molecule has 8 heteroatoms. The predicted octanol–water partition coefficient (Wildman–Crippen LogP) is 4.37. The van der Waals surface area contributed by atoms with Gasteiger partial charge in [-0.3, -0.25) is 0 Å². The van der Waals surface area contributed by atoms with Crippen molar-refractivity contribution in [1.29, 1.82) is 0 Å². The maximum Gasteiger partial charge on any atom is 0.416 e. The third kappa shape index (κ3) is 2.99. The Bertz CT molecular complexity index is 568. The molecule has 0 aliphatic rings. The number of nitrogens with one attached hydrogen (secondary N) is 1. The second-order valence-electron chi connectivity index (χ2n) is 3.51. The molecule has 96 valence electrons. The fraction of sp³-hybridized carbons (Fsp3) is 0.200. The van der Waals surface area contributed by atoms with Crippen LogP contribution in [0.4, 0.5) is 24.0 Å². The molecule has 18 heavy (non-hydrogen) atoms. The molecule has 0 unspecified atom stereocenters. The van der Waals surface area contributed by atoms with E-state index in [1.807, 2.05) is 0 Å². The normalized spacial score (nSPS) is 11.6. The molecule has 2 rings (SSSR count). The van der Waals surface area contributed by atoms with Crippen LogP contribution in [0.15, 0.2) is 22.1 Å². The average molecular weight is 338 g/mol. The van der Waals surface area contributed by atoms with Gasteiger partial charge in [0.25, 0.3) is 0 Å². The minimum absolute atomic E-state index is 0.369. The summed E-state index contributed by atoms with van der Waals surface area (Å²) in [5, 5.41) is 10.7. The van der Waals surface area contributed by atoms with Crippen molar-refractivity contribution in [3.05, 3.63) is 33.2 Å². The van der Waals surface area contributed by atoms with Gasteiger partial charge in [-0.05, 0) is 40.5 Å². The van der Waals surface area contributed by atoms with Crippen LogP contribution in [-0.2, 0) is 6.18 Å². The van der Waals surface area contributed by atoms with Crippen LogP contribution in [-0.4, -0.2) is 10.2 Å². The van der Waals surface area contributed by atoms with Gasteiger partial charge in [-0.25, -0.2) is 0 Å². The van der Waals surface area contributed by atoms with Crippen LogP contribution in [0, 0.1) is 6.92 Å². The lowest BCUT2D eigenvalue weighted by Gasteiger charge is -2.11. The fourth-order valence-corrected chi connectivity index (χ4v) is 2.33. The van der Waals surface area contributed by atoms with E-state index in [-0.39, 0.29) is 0 Å². The number of rotatable bonds is 2. The zero-order chi connectivity index (χ0) is 13.3. The Hall–Kier alpha value is -1.15. The Morgan fingerprint density at radius 2 is 2.00 bits per heavy atom. The summed E-state index contributed by atoms with van der Waals surface area (Å²) in [6, 6.07) is 3.53. The van der Waals surface area contributed by atoms with Crippen molar-refractivity contribution >= 4 is 38.1 Å². The summed E-state index contributed by atoms with van der Waals surface area (Å²) in [5.41, 5.74) is 0.377. The summed E-state index contributed by atoms with van der Waals surface area (Å²) < 4.78 is 38.3. The molecule has 0 fully saturated rings. The van der Waals surface area contributed by atoms with Crippen molar-refractivity contribution < 1.29 is 13.2 Å². The molecule has 0 radical (unpaired) electrons. The van der Waals surface area contributed by atoms with E-state index in [2.05, 4.69) is 31.4 Å². The molecule has 0 bridgehead atoms. The highest BCUT2D eigenvalue weighted by Crippen LogP contribution is 2.33. The maximum atomic E-state index is 12.6. The molecule has 0 saturated heterocycles. The highest BCUT2D eigenvalue weighted by Gasteiger charge is 2.30. The average Bonchev–Trinajstić information content (AvgIpc) is 2.66. The number of hydrogen-bond donors (Lipinski definition) is 1. The van der Waals surface area contributed by atoms with Crippen LogP contribution < -0.4 is 5.32 Å². The topological polar surface area (TPSA) is 37.8 Å². The molecule has 3 nitrogen and oxygen atoms in total. The van der Waals surface area contributed by atoms with Crippen LogP contribution in [0.1, 0.15) is 11.1 Å². The van der Waals surface area contributed by atoms with Gasteiger partial charge in [0, 0.05) is 5.69 Å². The molecule has 0 spiro atoms. The lowest BCUT2D eigenvalue weighted by molar-refractivity contribution is -0.137. The first-order valence-corrected chi connectivity index (χ1v) is 6.41. The molecule has 1 aromatic carbocycles. The summed E-state index contributed by atoms with van der Waals surface area (Å²) in [5.74, 6) is 0. The molecular formula is C10H7BrF3N3S. The van der Waals surface area contributed by atoms with Gasteiger partial charge in [0.2, 0.25) is 5.13 Å². The quantitative estimate of drug-likeness (QED) is 0.884. The van der Waals surface area contributed by atoms with Crippen LogP contribution >= 0.6 is 27.3 Å². The Morgan fingerprint density at radius 1 is 1.28 bits per heavy atom. The number of benzene rings is 1. The van der Waals surface area contributed by atoms with Gasteiger partial charge < -0.3 is 5.32 Å². The molecule has 0 atom stereocenters. The second-order valence-corrected chi connectivity index (χ2v) is 5.77. The third-order valence-corrected chi connectivity index (χ3v) is 3.48. The van der Waals surface area contributed by atoms with Crippen molar-refractivity contribution in [1.82, 2.24) is 10.2 Å². The van der Waals surface area contributed by atoms with Gasteiger partial charge in [-0.15, -0.1) is 10.2 Å². The van der Waals surface area contributed by atoms with Crippen molar-refractivity contribution in [2.24, 2.45) is 0 Å². The maximum absolute atomic E-state index is 12.6. The van der Waals surface area contributed by atoms with E-state index in [9.17, 15) is 13.2 Å². The van der Waals surface area contributed by atoms with E-state index >= 15 is 0 Å². The lowest BCUT2D eigenvalue weighted by Crippen LogP contribution is -2.06. The largest absolute Gasteiger partial charge is 0.416 e. The zero-order valence-electron chi connectivity index (χ0n) is 9.05. The first kappa shape index (κ1) is 13.3. The number of alkyl halides is 3. The van der Waals surface area contributed by atoms with Crippen molar-refractivity contribution in [3.63, 3.8) is 0 Å². The van der Waals surface area contributed by atoms with Crippen molar-refractivity contribution in [2.75, 3.05) is 5.32 Å². The SMILES string of the molecule is Cc1ccc(C(F)(F)F)cc1Nc1nnc(Br)s1. The van der Waals surface area contributed by atoms with E-state index in [0.29, 0.717) is 20.3 Å². The van der Waals surface area contributed by atoms with Crippen LogP contribution in [0.25, 0.3) is 0 Å². The van der Waals surface area contributed by atoms with E-state index in [1.165, 1.54) is 17.4 Å². The molecule has 1 N–H and O–H groups in total. The first-order valence-electron chi connectivity index (χ1n) is 4.80. The molecule has 1 aromatic heterocycles. The zero-order valence-corrected chi connectivity index (χ0v) is 11.4. The van der Waals surface area contributed by atoms with Gasteiger partial charge in [0.15, 0.2) is 3.92 Å². The van der Waals surface area contributed by atoms with Gasteiger partial charge >= 0.3 is 6.18 Å². The molecule has 0 aliphatic heterocycles. The van der Waals surface area contributed by atoms with Crippen LogP contribution in [0.3, 0.4) is 0 Å². The molecule has 0 aliphatic carbocycles. The van der Waals surface area contributed by atoms with Crippen LogP contribution in [0.2, 0.25) is 0 Å². The summed E-state index contributed by atoms with van der Waals surface area (Å²) >= 11 is 4.34. The van der Waals surface area contributed by atoms with E-state index in [4.69, 9.17) is 0 Å². The highest BCUT2D eigenvalue weighted by molar-refractivity contribution is 9.11. The van der Waals surface area contributed by atoms with E-state index in [1.54, 1.807) is 6.92 Å². The number of hydrogen-bond acceptors (Lipinski definition) is 4. The molecule has 0 amide bonds. The summed E-state index contributed by atoms with van der Waals surface area (Å²) in [6.45, 7) is 1.72. The number of aryl methyl sites for hydroxylation is 1. The second kappa shape index (κ2) is 4.85. The van der Waals surface area contributed by atoms with Gasteiger partial charge in [-0.2, -0.15) is 13.2 Å².